The molecule has 17 nitrogen and oxygen atoms in total. The highest BCUT2D eigenvalue weighted by Gasteiger charge is 2.30. The van der Waals surface area contributed by atoms with Crippen LogP contribution in [0, 0.1) is 11.8 Å². The number of unbranched alkanes of at least 4 members (excludes halogenated alkanes) is 48. The van der Waals surface area contributed by atoms with Gasteiger partial charge in [-0.2, -0.15) is 0 Å². The van der Waals surface area contributed by atoms with Gasteiger partial charge in [-0.15, -0.1) is 0 Å². The quantitative estimate of drug-likeness (QED) is 0.0222. The van der Waals surface area contributed by atoms with Gasteiger partial charge in [-0.25, -0.2) is 9.13 Å². The minimum absolute atomic E-state index is 0.106. The van der Waals surface area contributed by atoms with Crippen LogP contribution in [-0.4, -0.2) is 96.7 Å². The van der Waals surface area contributed by atoms with Crippen molar-refractivity contribution in [1.29, 1.82) is 0 Å². The fraction of sp³-hybridized carbons (Fsp3) is 0.950. The summed E-state index contributed by atoms with van der Waals surface area (Å²) >= 11 is 0. The number of hydrogen-bond acceptors (Lipinski definition) is 15. The molecule has 19 heteroatoms. The van der Waals surface area contributed by atoms with Gasteiger partial charge in [-0.1, -0.05) is 369 Å². The first kappa shape index (κ1) is 97.1. The van der Waals surface area contributed by atoms with Gasteiger partial charge in [0.25, 0.3) is 0 Å². The number of esters is 4. The molecule has 0 radical (unpaired) electrons. The lowest BCUT2D eigenvalue weighted by atomic mass is 9.99. The summed E-state index contributed by atoms with van der Waals surface area (Å²) in [6, 6.07) is 0. The zero-order valence-electron chi connectivity index (χ0n) is 64.8. The van der Waals surface area contributed by atoms with Crippen molar-refractivity contribution in [1.82, 2.24) is 0 Å². The number of rotatable bonds is 79. The van der Waals surface area contributed by atoms with Crippen molar-refractivity contribution in [2.75, 3.05) is 39.6 Å². The predicted octanol–water partition coefficient (Wildman–Crippen LogP) is 23.9. The van der Waals surface area contributed by atoms with Gasteiger partial charge in [-0.3, -0.25) is 37.3 Å². The number of carbonyl (C=O) groups is 4. The van der Waals surface area contributed by atoms with Gasteiger partial charge in [0.05, 0.1) is 26.4 Å². The van der Waals surface area contributed by atoms with Crippen molar-refractivity contribution in [3.05, 3.63) is 0 Å². The molecule has 0 fully saturated rings. The molecule has 588 valence electrons. The molecule has 0 amide bonds. The minimum Gasteiger partial charge on any atom is -0.462 e. The van der Waals surface area contributed by atoms with Crippen LogP contribution in [0.1, 0.15) is 420 Å². The van der Waals surface area contributed by atoms with Gasteiger partial charge in [0.15, 0.2) is 12.2 Å². The normalized spacial score (nSPS) is 14.2. The summed E-state index contributed by atoms with van der Waals surface area (Å²) in [7, 11) is -9.91. The molecular formula is C80H156O17P2. The van der Waals surface area contributed by atoms with Crippen molar-refractivity contribution in [3.8, 4) is 0 Å². The maximum atomic E-state index is 13.1. The molecule has 0 heterocycles. The largest absolute Gasteiger partial charge is 0.472 e. The summed E-state index contributed by atoms with van der Waals surface area (Å²) in [5.74, 6) is -0.491. The number of carbonyl (C=O) groups excluding carboxylic acids is 4. The average Bonchev–Trinajstić information content (AvgIpc) is 2.75. The van der Waals surface area contributed by atoms with Crippen LogP contribution in [0.5, 0.6) is 0 Å². The number of aliphatic hydroxyl groups is 1. The summed E-state index contributed by atoms with van der Waals surface area (Å²) in [5.41, 5.74) is 0. The van der Waals surface area contributed by atoms with Crippen molar-refractivity contribution < 1.29 is 80.2 Å². The van der Waals surface area contributed by atoms with Gasteiger partial charge in [0.1, 0.15) is 19.3 Å². The molecule has 0 aromatic heterocycles. The molecule has 0 saturated carbocycles. The van der Waals surface area contributed by atoms with Crippen LogP contribution >= 0.6 is 15.6 Å². The van der Waals surface area contributed by atoms with Crippen molar-refractivity contribution in [2.45, 2.75) is 439 Å². The third-order valence-corrected chi connectivity index (χ3v) is 21.0. The number of ether oxygens (including phenoxy) is 4. The van der Waals surface area contributed by atoms with Crippen LogP contribution in [0.3, 0.4) is 0 Å². The van der Waals surface area contributed by atoms with Crippen LogP contribution in [0.25, 0.3) is 0 Å². The third kappa shape index (κ3) is 72.8. The van der Waals surface area contributed by atoms with Gasteiger partial charge >= 0.3 is 39.5 Å². The molecule has 0 aliphatic carbocycles. The Morgan fingerprint density at radius 1 is 0.293 bits per heavy atom. The minimum atomic E-state index is -4.96. The Hall–Kier alpha value is -1.94. The molecule has 3 N–H and O–H groups in total. The SMILES string of the molecule is CCCCCCCCCCCCCCCCCCCC(=O)OC[C@H](COP(=O)(O)OC[C@@H](O)COP(=O)(O)OC[C@@H](COC(=O)CCCCCCCCC)OC(=O)CCCCCCCCCCCCC(C)CC)OC(=O)CCCCCCCCCCCCCCCCCCCCC(C)C. The summed E-state index contributed by atoms with van der Waals surface area (Å²) in [5, 5.41) is 10.6. The smallest absolute Gasteiger partial charge is 0.462 e. The second kappa shape index (κ2) is 71.7. The lowest BCUT2D eigenvalue weighted by Gasteiger charge is -2.21. The standard InChI is InChI=1S/C80H156O17P2/c1-7-10-12-14-16-17-18-19-20-23-27-30-33-39-45-51-57-63-78(83)91-69-76(97-79(84)64-58-52-46-40-34-31-28-25-22-21-24-26-29-32-37-43-48-54-60-72(4)5)71-95-99(88,89)93-67-74(81)66-92-98(86,87)94-70-75(68-90-77(82)62-56-50-42-15-13-11-8-2)96-80(85)65-59-53-47-41-36-35-38-44-49-55-61-73(6)9-3/h72-76,81H,7-71H2,1-6H3,(H,86,87)(H,88,89)/t73?,74-,75+,76+/m0/s1. The lowest BCUT2D eigenvalue weighted by Crippen LogP contribution is -2.30. The van der Waals surface area contributed by atoms with Crippen LogP contribution < -0.4 is 0 Å². The van der Waals surface area contributed by atoms with Crippen LogP contribution in [0.2, 0.25) is 0 Å². The van der Waals surface area contributed by atoms with Crippen molar-refractivity contribution >= 4 is 39.5 Å². The van der Waals surface area contributed by atoms with E-state index in [-0.39, 0.29) is 25.7 Å². The van der Waals surface area contributed by atoms with Gasteiger partial charge in [-0.05, 0) is 37.5 Å². The number of phosphoric acid groups is 2. The van der Waals surface area contributed by atoms with E-state index < -0.39 is 97.5 Å². The molecule has 0 aromatic rings. The lowest BCUT2D eigenvalue weighted by molar-refractivity contribution is -0.161. The monoisotopic (exact) mass is 1450 g/mol. The summed E-state index contributed by atoms with van der Waals surface area (Å²) in [6.07, 6.45) is 61.2. The Morgan fingerprint density at radius 2 is 0.515 bits per heavy atom. The molecule has 0 aliphatic rings. The zero-order valence-corrected chi connectivity index (χ0v) is 66.6. The van der Waals surface area contributed by atoms with E-state index in [1.807, 2.05) is 0 Å². The molecule has 0 bridgehead atoms. The third-order valence-electron chi connectivity index (χ3n) is 19.1. The summed E-state index contributed by atoms with van der Waals surface area (Å²) in [4.78, 5) is 72.8. The second-order valence-corrected chi connectivity index (χ2v) is 32.4. The average molecular weight is 1450 g/mol. The summed E-state index contributed by atoms with van der Waals surface area (Å²) in [6.45, 7) is 9.64. The van der Waals surface area contributed by atoms with E-state index in [1.54, 1.807) is 0 Å². The fourth-order valence-electron chi connectivity index (χ4n) is 12.3. The first-order valence-electron chi connectivity index (χ1n) is 41.5. The van der Waals surface area contributed by atoms with Crippen LogP contribution in [0.4, 0.5) is 0 Å². The summed E-state index contributed by atoms with van der Waals surface area (Å²) < 4.78 is 68.6. The van der Waals surface area contributed by atoms with E-state index in [4.69, 9.17) is 37.0 Å². The van der Waals surface area contributed by atoms with E-state index in [0.717, 1.165) is 115 Å². The highest BCUT2D eigenvalue weighted by molar-refractivity contribution is 7.47. The van der Waals surface area contributed by atoms with Crippen LogP contribution in [-0.2, 0) is 65.4 Å². The molecule has 0 aromatic carbocycles. The van der Waals surface area contributed by atoms with Crippen LogP contribution in [0.15, 0.2) is 0 Å². The highest BCUT2D eigenvalue weighted by atomic mass is 31.2. The van der Waals surface area contributed by atoms with E-state index in [0.29, 0.717) is 25.7 Å². The molecule has 3 unspecified atom stereocenters. The van der Waals surface area contributed by atoms with E-state index in [2.05, 4.69) is 41.5 Å². The van der Waals surface area contributed by atoms with Crippen molar-refractivity contribution in [2.24, 2.45) is 11.8 Å². The predicted molar refractivity (Wildman–Crippen MR) is 405 cm³/mol. The molecular weight excluding hydrogens is 1290 g/mol. The second-order valence-electron chi connectivity index (χ2n) is 29.5. The van der Waals surface area contributed by atoms with E-state index in [1.165, 1.54) is 225 Å². The Kier molecular flexibility index (Phi) is 70.3. The van der Waals surface area contributed by atoms with Crippen molar-refractivity contribution in [3.63, 3.8) is 0 Å². The molecule has 0 rings (SSSR count). The van der Waals surface area contributed by atoms with E-state index >= 15 is 0 Å². The number of hydrogen-bond donors (Lipinski definition) is 3. The molecule has 99 heavy (non-hydrogen) atoms. The number of phosphoric ester groups is 2. The maximum Gasteiger partial charge on any atom is 0.472 e. The first-order valence-corrected chi connectivity index (χ1v) is 44.5. The van der Waals surface area contributed by atoms with Gasteiger partial charge < -0.3 is 33.8 Å². The fourth-order valence-corrected chi connectivity index (χ4v) is 13.9. The Balaban J connectivity index is 5.18. The Morgan fingerprint density at radius 3 is 0.768 bits per heavy atom. The Labute approximate surface area is 607 Å². The number of aliphatic hydroxyl groups excluding tert-OH is 1. The molecule has 0 aliphatic heterocycles. The first-order chi connectivity index (χ1) is 47.9. The van der Waals surface area contributed by atoms with Gasteiger partial charge in [0, 0.05) is 25.7 Å². The molecule has 0 saturated heterocycles. The van der Waals surface area contributed by atoms with Gasteiger partial charge in [0.2, 0.25) is 0 Å². The molecule has 6 atom stereocenters. The maximum absolute atomic E-state index is 13.1. The highest BCUT2D eigenvalue weighted by Crippen LogP contribution is 2.45. The topological polar surface area (TPSA) is 237 Å². The zero-order chi connectivity index (χ0) is 72.8. The Bertz CT molecular complexity index is 1910. The molecule has 0 spiro atoms. The van der Waals surface area contributed by atoms with E-state index in [9.17, 15) is 43.2 Å².